The van der Waals surface area contributed by atoms with E-state index in [4.69, 9.17) is 13.9 Å². The third kappa shape index (κ3) is 4.29. The molecule has 0 aliphatic heterocycles. The maximum absolute atomic E-state index is 6.61. The van der Waals surface area contributed by atoms with Crippen LogP contribution in [0.4, 0.5) is 0 Å². The molecule has 3 nitrogen and oxygen atoms in total. The van der Waals surface area contributed by atoms with Crippen LogP contribution in [0.3, 0.4) is 0 Å². The van der Waals surface area contributed by atoms with Crippen LogP contribution >= 0.6 is 0 Å². The van der Waals surface area contributed by atoms with Crippen molar-refractivity contribution in [1.82, 2.24) is 0 Å². The first kappa shape index (κ1) is 23.5. The molecule has 6 rings (SSSR count). The first-order chi connectivity index (χ1) is 18.8. The zero-order chi connectivity index (χ0) is 25.9. The first-order valence-electron chi connectivity index (χ1n) is 12.6. The summed E-state index contributed by atoms with van der Waals surface area (Å²) in [6.07, 6.45) is 4.13. The van der Waals surface area contributed by atoms with Crippen molar-refractivity contribution in [2.24, 2.45) is 0 Å². The van der Waals surface area contributed by atoms with Crippen LogP contribution in [-0.4, -0.2) is 14.2 Å². The van der Waals surface area contributed by atoms with Gasteiger partial charge in [-0.1, -0.05) is 84.9 Å². The van der Waals surface area contributed by atoms with E-state index in [1.165, 1.54) is 0 Å². The highest BCUT2D eigenvalue weighted by molar-refractivity contribution is 6.12. The van der Waals surface area contributed by atoms with Crippen LogP contribution in [0.1, 0.15) is 11.3 Å². The lowest BCUT2D eigenvalue weighted by Gasteiger charge is -2.16. The fourth-order valence-corrected chi connectivity index (χ4v) is 5.02. The smallest absolute Gasteiger partial charge is 0.362 e. The molecule has 0 unspecified atom stereocenters. The fraction of sp³-hybridized carbons (Fsp3) is 0.0571. The summed E-state index contributed by atoms with van der Waals surface area (Å²) in [4.78, 5) is 0. The number of para-hydroxylation sites is 1. The van der Waals surface area contributed by atoms with Gasteiger partial charge in [0.15, 0.2) is 0 Å². The summed E-state index contributed by atoms with van der Waals surface area (Å²) < 4.78 is 17.9. The summed E-state index contributed by atoms with van der Waals surface area (Å²) in [5.74, 6) is 2.42. The lowest BCUT2D eigenvalue weighted by molar-refractivity contribution is 0.415. The van der Waals surface area contributed by atoms with Gasteiger partial charge in [-0.15, -0.1) is 0 Å². The Balaban J connectivity index is 1.71. The number of hydrogen-bond donors (Lipinski definition) is 0. The van der Waals surface area contributed by atoms with Gasteiger partial charge in [-0.05, 0) is 52.2 Å². The summed E-state index contributed by atoms with van der Waals surface area (Å²) in [5.41, 5.74) is 6.09. The predicted octanol–water partition coefficient (Wildman–Crippen LogP) is 9.39. The molecule has 1 heterocycles. The van der Waals surface area contributed by atoms with Gasteiger partial charge in [-0.2, -0.15) is 0 Å². The Kier molecular flexibility index (Phi) is 6.33. The second kappa shape index (κ2) is 10.2. The van der Waals surface area contributed by atoms with Gasteiger partial charge in [0.1, 0.15) is 11.5 Å². The van der Waals surface area contributed by atoms with Gasteiger partial charge < -0.3 is 9.47 Å². The lowest BCUT2D eigenvalue weighted by atomic mass is 9.87. The standard InChI is InChI=1S/C35H27O3/c1-36-27-20-16-24(17-21-27)18-22-32-33(26-11-4-3-5-12-26)35(29-14-8-9-15-30(29)38-32)34-28-13-7-6-10-25(28)19-23-31(34)37-2/h3-23H,1-2H3/q+1/b22-18+. The number of methoxy groups -OCH3 is 2. The predicted molar refractivity (Wildman–Crippen MR) is 157 cm³/mol. The van der Waals surface area contributed by atoms with Crippen molar-refractivity contribution in [3.8, 4) is 33.8 Å². The summed E-state index contributed by atoms with van der Waals surface area (Å²) in [6, 6.07) is 39.2. The molecular formula is C35H27O3+. The molecule has 0 amide bonds. The zero-order valence-corrected chi connectivity index (χ0v) is 21.3. The van der Waals surface area contributed by atoms with Crippen LogP contribution < -0.4 is 9.47 Å². The van der Waals surface area contributed by atoms with Crippen LogP contribution in [0.15, 0.2) is 120 Å². The quantitative estimate of drug-likeness (QED) is 0.216. The molecule has 0 spiro atoms. The highest BCUT2D eigenvalue weighted by Gasteiger charge is 2.28. The molecule has 1 aromatic heterocycles. The van der Waals surface area contributed by atoms with Crippen molar-refractivity contribution in [3.63, 3.8) is 0 Å². The van der Waals surface area contributed by atoms with Gasteiger partial charge in [0.25, 0.3) is 0 Å². The van der Waals surface area contributed by atoms with Crippen molar-refractivity contribution >= 4 is 33.9 Å². The van der Waals surface area contributed by atoms with Crippen LogP contribution in [0.25, 0.3) is 56.1 Å². The topological polar surface area (TPSA) is 29.8 Å². The fourth-order valence-electron chi connectivity index (χ4n) is 5.02. The first-order valence-corrected chi connectivity index (χ1v) is 12.6. The molecule has 5 aromatic carbocycles. The number of benzene rings is 5. The molecule has 0 N–H and O–H groups in total. The summed E-state index contributed by atoms with van der Waals surface area (Å²) in [7, 11) is 3.41. The van der Waals surface area contributed by atoms with Gasteiger partial charge in [0, 0.05) is 23.3 Å². The van der Waals surface area contributed by atoms with E-state index >= 15 is 0 Å². The number of hydrogen-bond acceptors (Lipinski definition) is 2. The molecular weight excluding hydrogens is 468 g/mol. The maximum atomic E-state index is 6.61. The minimum atomic E-state index is 0.774. The van der Waals surface area contributed by atoms with Crippen molar-refractivity contribution < 1.29 is 13.9 Å². The third-order valence-corrected chi connectivity index (χ3v) is 6.84. The van der Waals surface area contributed by atoms with E-state index < -0.39 is 0 Å². The Bertz CT molecular complexity index is 1770. The van der Waals surface area contributed by atoms with E-state index in [9.17, 15) is 0 Å². The van der Waals surface area contributed by atoms with E-state index in [-0.39, 0.29) is 0 Å². The molecule has 0 radical (unpaired) electrons. The number of ether oxygens (including phenoxy) is 2. The Morgan fingerprint density at radius 3 is 2.03 bits per heavy atom. The van der Waals surface area contributed by atoms with Crippen molar-refractivity contribution in [1.29, 1.82) is 0 Å². The molecule has 0 saturated heterocycles. The second-order valence-corrected chi connectivity index (χ2v) is 9.05. The van der Waals surface area contributed by atoms with E-state index in [0.717, 1.165) is 66.8 Å². The molecule has 0 aliphatic carbocycles. The maximum Gasteiger partial charge on any atom is 0.362 e. The molecule has 38 heavy (non-hydrogen) atoms. The van der Waals surface area contributed by atoms with E-state index in [1.54, 1.807) is 14.2 Å². The molecule has 3 heteroatoms. The SMILES string of the molecule is COc1ccc(/C=C/c2[o+]c3ccccc3c(-c3c(OC)ccc4ccccc34)c2-c2ccccc2)cc1. The van der Waals surface area contributed by atoms with Gasteiger partial charge in [0.05, 0.1) is 25.2 Å². The largest absolute Gasteiger partial charge is 0.497 e. The van der Waals surface area contributed by atoms with Crippen molar-refractivity contribution in [2.75, 3.05) is 14.2 Å². The highest BCUT2D eigenvalue weighted by Crippen LogP contribution is 2.47. The number of fused-ring (bicyclic) bond motifs is 2. The van der Waals surface area contributed by atoms with Gasteiger partial charge >= 0.3 is 11.3 Å². The average Bonchev–Trinajstić information content (AvgIpc) is 2.99. The molecule has 0 atom stereocenters. The normalized spacial score (nSPS) is 11.3. The van der Waals surface area contributed by atoms with E-state index in [1.807, 2.05) is 42.5 Å². The monoisotopic (exact) mass is 495 g/mol. The Labute approximate surface area is 222 Å². The van der Waals surface area contributed by atoms with E-state index in [2.05, 4.69) is 84.9 Å². The molecule has 6 aromatic rings. The Morgan fingerprint density at radius 1 is 0.553 bits per heavy atom. The van der Waals surface area contributed by atoms with Gasteiger partial charge in [0.2, 0.25) is 0 Å². The Hall–Kier alpha value is -4.89. The number of rotatable bonds is 6. The van der Waals surface area contributed by atoms with Crippen molar-refractivity contribution in [3.05, 3.63) is 127 Å². The molecule has 0 bridgehead atoms. The lowest BCUT2D eigenvalue weighted by Crippen LogP contribution is -1.96. The highest BCUT2D eigenvalue weighted by atomic mass is 16.5. The van der Waals surface area contributed by atoms with Crippen LogP contribution in [0.2, 0.25) is 0 Å². The summed E-state index contributed by atoms with van der Waals surface area (Å²) in [5, 5.41) is 3.32. The van der Waals surface area contributed by atoms with Crippen LogP contribution in [0, 0.1) is 0 Å². The molecule has 184 valence electrons. The van der Waals surface area contributed by atoms with Crippen molar-refractivity contribution in [2.45, 2.75) is 0 Å². The van der Waals surface area contributed by atoms with Crippen LogP contribution in [-0.2, 0) is 0 Å². The van der Waals surface area contributed by atoms with Crippen LogP contribution in [0.5, 0.6) is 11.5 Å². The zero-order valence-electron chi connectivity index (χ0n) is 21.3. The van der Waals surface area contributed by atoms with Gasteiger partial charge in [-0.25, -0.2) is 4.42 Å². The molecule has 0 saturated carbocycles. The minimum absolute atomic E-state index is 0.774. The average molecular weight is 496 g/mol. The Morgan fingerprint density at radius 2 is 1.26 bits per heavy atom. The second-order valence-electron chi connectivity index (χ2n) is 9.05. The molecule has 0 aliphatic rings. The summed E-state index contributed by atoms with van der Waals surface area (Å²) >= 11 is 0. The van der Waals surface area contributed by atoms with E-state index in [0.29, 0.717) is 0 Å². The minimum Gasteiger partial charge on any atom is -0.497 e. The summed E-state index contributed by atoms with van der Waals surface area (Å²) in [6.45, 7) is 0. The van der Waals surface area contributed by atoms with Gasteiger partial charge in [-0.3, -0.25) is 0 Å². The third-order valence-electron chi connectivity index (χ3n) is 6.84. The molecule has 0 fully saturated rings.